The molecule has 0 amide bonds. The van der Waals surface area contributed by atoms with Crippen LogP contribution in [0.3, 0.4) is 0 Å². The van der Waals surface area contributed by atoms with Crippen molar-refractivity contribution in [3.8, 4) is 0 Å². The minimum absolute atomic E-state index is 0.0484. The number of carbonyl (C=O) groups is 2. The van der Waals surface area contributed by atoms with Crippen molar-refractivity contribution in [2.24, 2.45) is 0 Å². The number of methoxy groups -OCH3 is 1. The number of hydrogen-bond donors (Lipinski definition) is 1. The molecule has 1 unspecified atom stereocenters. The molecule has 2 heterocycles. The SMILES string of the molecule is COC(=O)OC1CN(CCc2c[nH]c3ccc(Br)cc23)CCC1=O. The van der Waals surface area contributed by atoms with E-state index in [-0.39, 0.29) is 5.78 Å². The number of nitrogens with zero attached hydrogens (tertiary/aromatic N) is 1. The first kappa shape index (κ1) is 17.0. The minimum atomic E-state index is -0.809. The average molecular weight is 395 g/mol. The Morgan fingerprint density at radius 3 is 3.08 bits per heavy atom. The maximum absolute atomic E-state index is 11.9. The molecule has 0 aliphatic carbocycles. The first-order valence-electron chi connectivity index (χ1n) is 7.82. The maximum Gasteiger partial charge on any atom is 0.508 e. The lowest BCUT2D eigenvalue weighted by atomic mass is 10.1. The number of aromatic amines is 1. The van der Waals surface area contributed by atoms with Crippen molar-refractivity contribution in [3.63, 3.8) is 0 Å². The van der Waals surface area contributed by atoms with E-state index in [0.717, 1.165) is 23.0 Å². The van der Waals surface area contributed by atoms with Crippen LogP contribution in [0.2, 0.25) is 0 Å². The third kappa shape index (κ3) is 3.79. The largest absolute Gasteiger partial charge is 0.508 e. The van der Waals surface area contributed by atoms with Gasteiger partial charge in [-0.05, 0) is 30.2 Å². The number of nitrogens with one attached hydrogen (secondary N) is 1. The Balaban J connectivity index is 1.62. The van der Waals surface area contributed by atoms with E-state index in [2.05, 4.69) is 36.6 Å². The summed E-state index contributed by atoms with van der Waals surface area (Å²) in [6.45, 7) is 1.90. The summed E-state index contributed by atoms with van der Waals surface area (Å²) in [4.78, 5) is 28.5. The van der Waals surface area contributed by atoms with Gasteiger partial charge in [-0.15, -0.1) is 0 Å². The van der Waals surface area contributed by atoms with Gasteiger partial charge in [-0.3, -0.25) is 9.69 Å². The highest BCUT2D eigenvalue weighted by Gasteiger charge is 2.30. The standard InChI is InChI=1S/C17H19BrN2O4/c1-23-17(22)24-16-10-20(7-5-15(16)21)6-4-11-9-19-14-3-2-12(18)8-13(11)14/h2-3,8-9,16,19H,4-7,10H2,1H3. The van der Waals surface area contributed by atoms with Gasteiger partial charge in [0.05, 0.1) is 7.11 Å². The molecular weight excluding hydrogens is 376 g/mol. The van der Waals surface area contributed by atoms with Crippen LogP contribution in [0.25, 0.3) is 10.9 Å². The molecule has 3 rings (SSSR count). The number of rotatable bonds is 4. The fraction of sp³-hybridized carbons (Fsp3) is 0.412. The van der Waals surface area contributed by atoms with Crippen molar-refractivity contribution in [1.82, 2.24) is 9.88 Å². The highest BCUT2D eigenvalue weighted by molar-refractivity contribution is 9.10. The number of halogens is 1. The summed E-state index contributed by atoms with van der Waals surface area (Å²) in [6, 6.07) is 6.15. The van der Waals surface area contributed by atoms with Crippen LogP contribution in [-0.2, 0) is 20.7 Å². The molecule has 0 bridgehead atoms. The number of ether oxygens (including phenoxy) is 2. The molecule has 128 valence electrons. The lowest BCUT2D eigenvalue weighted by Gasteiger charge is -2.30. The lowest BCUT2D eigenvalue weighted by molar-refractivity contribution is -0.133. The predicted octanol–water partition coefficient (Wildman–Crippen LogP) is 2.90. The zero-order valence-corrected chi connectivity index (χ0v) is 15.0. The third-order valence-electron chi connectivity index (χ3n) is 4.29. The van der Waals surface area contributed by atoms with E-state index in [1.165, 1.54) is 18.1 Å². The zero-order chi connectivity index (χ0) is 17.1. The van der Waals surface area contributed by atoms with Crippen molar-refractivity contribution in [2.75, 3.05) is 26.7 Å². The Bertz CT molecular complexity index is 758. The summed E-state index contributed by atoms with van der Waals surface area (Å²) in [5.74, 6) is -0.0484. The second-order valence-electron chi connectivity index (χ2n) is 5.83. The van der Waals surface area contributed by atoms with Crippen molar-refractivity contribution in [3.05, 3.63) is 34.4 Å². The molecule has 1 aromatic carbocycles. The second kappa shape index (κ2) is 7.36. The van der Waals surface area contributed by atoms with Gasteiger partial charge in [0.2, 0.25) is 0 Å². The molecule has 1 saturated heterocycles. The maximum atomic E-state index is 11.9. The predicted molar refractivity (Wildman–Crippen MR) is 93.0 cm³/mol. The molecule has 1 aromatic heterocycles. The van der Waals surface area contributed by atoms with Crippen LogP contribution in [0.1, 0.15) is 12.0 Å². The fourth-order valence-corrected chi connectivity index (χ4v) is 3.32. The number of H-pyrrole nitrogens is 1. The number of ketones is 1. The number of carbonyl (C=O) groups excluding carboxylic acids is 2. The van der Waals surface area contributed by atoms with Crippen LogP contribution in [-0.4, -0.2) is 54.7 Å². The Labute approximate surface area is 148 Å². The smallest absolute Gasteiger partial charge is 0.438 e. The van der Waals surface area contributed by atoms with Crippen LogP contribution in [0.5, 0.6) is 0 Å². The molecule has 0 saturated carbocycles. The zero-order valence-electron chi connectivity index (χ0n) is 13.4. The van der Waals surface area contributed by atoms with Crippen molar-refractivity contribution in [2.45, 2.75) is 18.9 Å². The summed E-state index contributed by atoms with van der Waals surface area (Å²) >= 11 is 3.50. The number of Topliss-reactive ketones (excluding diaryl/α,β-unsaturated/α-hetero) is 1. The molecule has 24 heavy (non-hydrogen) atoms. The fourth-order valence-electron chi connectivity index (χ4n) is 2.96. The van der Waals surface area contributed by atoms with Crippen molar-refractivity contribution in [1.29, 1.82) is 0 Å². The summed E-state index contributed by atoms with van der Waals surface area (Å²) in [7, 11) is 1.24. The molecule has 6 nitrogen and oxygen atoms in total. The van der Waals surface area contributed by atoms with Gasteiger partial charge in [0, 0.05) is 47.6 Å². The van der Waals surface area contributed by atoms with Gasteiger partial charge in [-0.25, -0.2) is 4.79 Å². The van der Waals surface area contributed by atoms with Gasteiger partial charge < -0.3 is 14.5 Å². The Morgan fingerprint density at radius 1 is 1.46 bits per heavy atom. The first-order valence-corrected chi connectivity index (χ1v) is 8.61. The van der Waals surface area contributed by atoms with E-state index in [0.29, 0.717) is 19.5 Å². The summed E-state index contributed by atoms with van der Waals surface area (Å²) < 4.78 is 10.6. The van der Waals surface area contributed by atoms with Gasteiger partial charge >= 0.3 is 6.16 Å². The number of fused-ring (bicyclic) bond motifs is 1. The normalized spacial score (nSPS) is 18.8. The highest BCUT2D eigenvalue weighted by atomic mass is 79.9. The molecule has 1 aliphatic heterocycles. The third-order valence-corrected chi connectivity index (χ3v) is 4.78. The van der Waals surface area contributed by atoms with E-state index in [4.69, 9.17) is 4.74 Å². The Morgan fingerprint density at radius 2 is 2.29 bits per heavy atom. The summed E-state index contributed by atoms with van der Waals surface area (Å²) in [5.41, 5.74) is 2.34. The van der Waals surface area contributed by atoms with Crippen molar-refractivity contribution < 1.29 is 19.1 Å². The second-order valence-corrected chi connectivity index (χ2v) is 6.75. The van der Waals surface area contributed by atoms with Gasteiger partial charge in [-0.1, -0.05) is 15.9 Å². The number of hydrogen-bond acceptors (Lipinski definition) is 5. The van der Waals surface area contributed by atoms with E-state index >= 15 is 0 Å². The van der Waals surface area contributed by atoms with Crippen LogP contribution < -0.4 is 0 Å². The topological polar surface area (TPSA) is 71.6 Å². The van der Waals surface area contributed by atoms with Gasteiger partial charge in [0.15, 0.2) is 11.9 Å². The molecular formula is C17H19BrN2O4. The van der Waals surface area contributed by atoms with Crippen LogP contribution in [0, 0.1) is 0 Å². The van der Waals surface area contributed by atoms with E-state index in [9.17, 15) is 9.59 Å². The van der Waals surface area contributed by atoms with Gasteiger partial charge in [-0.2, -0.15) is 0 Å². The van der Waals surface area contributed by atoms with Crippen molar-refractivity contribution >= 4 is 38.8 Å². The van der Waals surface area contributed by atoms with Crippen LogP contribution in [0.15, 0.2) is 28.9 Å². The minimum Gasteiger partial charge on any atom is -0.438 e. The molecule has 0 radical (unpaired) electrons. The Kier molecular flexibility index (Phi) is 5.20. The molecule has 7 heteroatoms. The van der Waals surface area contributed by atoms with Gasteiger partial charge in [0.1, 0.15) is 0 Å². The van der Waals surface area contributed by atoms with E-state index in [1.807, 2.05) is 18.3 Å². The van der Waals surface area contributed by atoms with E-state index in [1.54, 1.807) is 0 Å². The van der Waals surface area contributed by atoms with E-state index < -0.39 is 12.3 Å². The molecule has 1 fully saturated rings. The Hall–Kier alpha value is -1.86. The highest BCUT2D eigenvalue weighted by Crippen LogP contribution is 2.23. The average Bonchev–Trinajstić information content (AvgIpc) is 2.97. The molecule has 1 aliphatic rings. The first-order chi connectivity index (χ1) is 11.6. The summed E-state index contributed by atoms with van der Waals surface area (Å²) in [5, 5.41) is 1.19. The monoisotopic (exact) mass is 394 g/mol. The number of aromatic nitrogens is 1. The quantitative estimate of drug-likeness (QED) is 0.807. The number of likely N-dealkylation sites (tertiary alicyclic amines) is 1. The number of benzene rings is 1. The van der Waals surface area contributed by atoms with Gasteiger partial charge in [0.25, 0.3) is 0 Å². The van der Waals surface area contributed by atoms with Crippen LogP contribution in [0.4, 0.5) is 4.79 Å². The molecule has 2 aromatic rings. The number of piperidine rings is 1. The lowest BCUT2D eigenvalue weighted by Crippen LogP contribution is -2.47. The molecule has 0 spiro atoms. The molecule has 1 N–H and O–H groups in total. The summed E-state index contributed by atoms with van der Waals surface area (Å²) in [6.07, 6.45) is 1.73. The van der Waals surface area contributed by atoms with Crippen LogP contribution >= 0.6 is 15.9 Å². The molecule has 1 atom stereocenters.